The van der Waals surface area contributed by atoms with Gasteiger partial charge < -0.3 is 15.1 Å². The Kier molecular flexibility index (Phi) is 7.03. The molecule has 8 heteroatoms. The Bertz CT molecular complexity index is 664. The Morgan fingerprint density at radius 3 is 2.54 bits per heavy atom. The molecule has 0 unspecified atom stereocenters. The van der Waals surface area contributed by atoms with Gasteiger partial charge in [0, 0.05) is 42.0 Å². The number of hydrogen-bond acceptors (Lipinski definition) is 5. The quantitative estimate of drug-likeness (QED) is 0.802. The highest BCUT2D eigenvalue weighted by Crippen LogP contribution is 2.30. The molecule has 0 aromatic carbocycles. The maximum absolute atomic E-state index is 12.6. The summed E-state index contributed by atoms with van der Waals surface area (Å²) >= 11 is 3.23. The number of hydrogen-bond donors (Lipinski definition) is 1. The van der Waals surface area contributed by atoms with Gasteiger partial charge >= 0.3 is 0 Å². The smallest absolute Gasteiger partial charge is 0.264 e. The summed E-state index contributed by atoms with van der Waals surface area (Å²) in [5, 5.41) is 5.10. The number of carbonyl (C=O) groups excluding carboxylic acids is 2. The Balaban J connectivity index is 0.00000208. The van der Waals surface area contributed by atoms with Crippen molar-refractivity contribution in [3.63, 3.8) is 0 Å². The van der Waals surface area contributed by atoms with Crippen molar-refractivity contribution in [3.05, 3.63) is 22.4 Å². The largest absolute Gasteiger partial charge is 0.339 e. The number of carbonyl (C=O) groups is 2. The molecule has 0 saturated carbocycles. The number of amides is 2. The Morgan fingerprint density at radius 1 is 1.17 bits per heavy atom. The minimum Gasteiger partial charge on any atom is -0.339 e. The molecule has 1 aliphatic rings. The van der Waals surface area contributed by atoms with Crippen LogP contribution in [0.2, 0.25) is 0 Å². The summed E-state index contributed by atoms with van der Waals surface area (Å²) in [6.45, 7) is 3.40. The summed E-state index contributed by atoms with van der Waals surface area (Å²) in [6, 6.07) is 4.05. The minimum absolute atomic E-state index is 0. The first-order valence-electron chi connectivity index (χ1n) is 7.87. The highest BCUT2D eigenvalue weighted by atomic mass is 35.5. The van der Waals surface area contributed by atoms with Gasteiger partial charge in [-0.25, -0.2) is 0 Å². The van der Waals surface area contributed by atoms with Crippen LogP contribution >= 0.6 is 35.1 Å². The second-order valence-corrected chi connectivity index (χ2v) is 7.67. The van der Waals surface area contributed by atoms with Gasteiger partial charge in [-0.05, 0) is 37.5 Å². The molecule has 132 valence electrons. The lowest BCUT2D eigenvalue weighted by molar-refractivity contribution is -0.132. The molecular formula is C16H22ClN3O2S2. The molecule has 3 rings (SSSR count). The molecule has 0 radical (unpaired) electrons. The van der Waals surface area contributed by atoms with E-state index < -0.39 is 0 Å². The van der Waals surface area contributed by atoms with Gasteiger partial charge in [0.15, 0.2) is 0 Å². The van der Waals surface area contributed by atoms with Crippen molar-refractivity contribution in [2.45, 2.75) is 12.8 Å². The minimum atomic E-state index is 0. The van der Waals surface area contributed by atoms with Crippen LogP contribution < -0.4 is 5.32 Å². The Morgan fingerprint density at radius 2 is 1.88 bits per heavy atom. The lowest BCUT2D eigenvalue weighted by Gasteiger charge is -2.34. The van der Waals surface area contributed by atoms with Gasteiger partial charge in [-0.2, -0.15) is 0 Å². The van der Waals surface area contributed by atoms with Gasteiger partial charge in [0.25, 0.3) is 5.91 Å². The molecular weight excluding hydrogens is 366 g/mol. The molecule has 1 aliphatic heterocycles. The standard InChI is InChI=1S/C16H21N3O2S2.ClH/c1-17-5-2-3-15(20)18-6-8-19(9-7-18)16(21)14-11-13-12(23-14)4-10-22-13;/h4,10-11,17H,2-3,5-9H2,1H3;1H. The lowest BCUT2D eigenvalue weighted by atomic mass is 10.2. The maximum Gasteiger partial charge on any atom is 0.264 e. The molecule has 0 atom stereocenters. The van der Waals surface area contributed by atoms with E-state index in [2.05, 4.69) is 11.4 Å². The molecule has 24 heavy (non-hydrogen) atoms. The number of nitrogens with one attached hydrogen (secondary N) is 1. The van der Waals surface area contributed by atoms with Gasteiger partial charge in [0.05, 0.1) is 4.88 Å². The molecule has 0 spiro atoms. The number of thiophene rings is 2. The van der Waals surface area contributed by atoms with E-state index in [-0.39, 0.29) is 24.2 Å². The molecule has 0 bridgehead atoms. The van der Waals surface area contributed by atoms with Crippen molar-refractivity contribution >= 4 is 56.3 Å². The van der Waals surface area contributed by atoms with E-state index in [0.717, 1.165) is 17.8 Å². The highest BCUT2D eigenvalue weighted by molar-refractivity contribution is 7.27. The fourth-order valence-electron chi connectivity index (χ4n) is 2.76. The Labute approximate surface area is 156 Å². The third-order valence-electron chi connectivity index (χ3n) is 4.09. The zero-order valence-electron chi connectivity index (χ0n) is 13.6. The van der Waals surface area contributed by atoms with E-state index in [4.69, 9.17) is 0 Å². The molecule has 2 aromatic rings. The van der Waals surface area contributed by atoms with Crippen molar-refractivity contribution in [3.8, 4) is 0 Å². The molecule has 1 fully saturated rings. The van der Waals surface area contributed by atoms with E-state index in [1.54, 1.807) is 22.7 Å². The van der Waals surface area contributed by atoms with Gasteiger partial charge in [-0.15, -0.1) is 35.1 Å². The van der Waals surface area contributed by atoms with E-state index in [1.807, 2.05) is 28.3 Å². The molecule has 5 nitrogen and oxygen atoms in total. The summed E-state index contributed by atoms with van der Waals surface area (Å²) in [4.78, 5) is 29.2. The number of nitrogens with zero attached hydrogens (tertiary/aromatic N) is 2. The fourth-order valence-corrected chi connectivity index (χ4v) is 4.84. The van der Waals surface area contributed by atoms with Crippen LogP contribution in [0.5, 0.6) is 0 Å². The van der Waals surface area contributed by atoms with Crippen molar-refractivity contribution < 1.29 is 9.59 Å². The predicted octanol–water partition coefficient (Wildman–Crippen LogP) is 2.67. The van der Waals surface area contributed by atoms with Crippen LogP contribution in [0.15, 0.2) is 17.5 Å². The number of fused-ring (bicyclic) bond motifs is 1. The van der Waals surface area contributed by atoms with Gasteiger partial charge in [-0.3, -0.25) is 9.59 Å². The van der Waals surface area contributed by atoms with Crippen LogP contribution in [0.3, 0.4) is 0 Å². The molecule has 2 aromatic heterocycles. The number of rotatable bonds is 5. The van der Waals surface area contributed by atoms with E-state index in [1.165, 1.54) is 9.40 Å². The zero-order chi connectivity index (χ0) is 16.2. The van der Waals surface area contributed by atoms with Crippen LogP contribution in [0.1, 0.15) is 22.5 Å². The van der Waals surface area contributed by atoms with Crippen LogP contribution in [0, 0.1) is 0 Å². The van der Waals surface area contributed by atoms with Crippen LogP contribution in [0.25, 0.3) is 9.40 Å². The van der Waals surface area contributed by atoms with Crippen LogP contribution in [-0.4, -0.2) is 61.4 Å². The van der Waals surface area contributed by atoms with Gasteiger partial charge in [0.2, 0.25) is 5.91 Å². The van der Waals surface area contributed by atoms with Crippen molar-refractivity contribution in [1.29, 1.82) is 0 Å². The summed E-state index contributed by atoms with van der Waals surface area (Å²) in [5.41, 5.74) is 0. The highest BCUT2D eigenvalue weighted by Gasteiger charge is 2.25. The van der Waals surface area contributed by atoms with E-state index >= 15 is 0 Å². The van der Waals surface area contributed by atoms with Crippen molar-refractivity contribution in [2.24, 2.45) is 0 Å². The molecule has 0 aliphatic carbocycles. The topological polar surface area (TPSA) is 52.7 Å². The molecule has 2 amide bonds. The first kappa shape index (κ1) is 19.2. The normalized spacial score (nSPS) is 14.7. The summed E-state index contributed by atoms with van der Waals surface area (Å²) in [5.74, 6) is 0.296. The van der Waals surface area contributed by atoms with Crippen molar-refractivity contribution in [1.82, 2.24) is 15.1 Å². The predicted molar refractivity (Wildman–Crippen MR) is 103 cm³/mol. The van der Waals surface area contributed by atoms with Crippen LogP contribution in [-0.2, 0) is 4.79 Å². The van der Waals surface area contributed by atoms with E-state index in [9.17, 15) is 9.59 Å². The molecule has 1 N–H and O–H groups in total. The van der Waals surface area contributed by atoms with E-state index in [0.29, 0.717) is 32.6 Å². The summed E-state index contributed by atoms with van der Waals surface area (Å²) < 4.78 is 2.35. The first-order chi connectivity index (χ1) is 11.2. The fraction of sp³-hybridized carbons (Fsp3) is 0.500. The molecule has 3 heterocycles. The SMILES string of the molecule is CNCCCC(=O)N1CCN(C(=O)c2cc3sccc3s2)CC1.Cl. The third kappa shape index (κ3) is 4.27. The van der Waals surface area contributed by atoms with Gasteiger partial charge in [0.1, 0.15) is 0 Å². The summed E-state index contributed by atoms with van der Waals surface area (Å²) in [6.07, 6.45) is 1.44. The Hall–Kier alpha value is -1.15. The van der Waals surface area contributed by atoms with Crippen molar-refractivity contribution in [2.75, 3.05) is 39.8 Å². The second-order valence-electron chi connectivity index (χ2n) is 5.64. The monoisotopic (exact) mass is 387 g/mol. The first-order valence-corrected chi connectivity index (χ1v) is 9.57. The zero-order valence-corrected chi connectivity index (χ0v) is 16.1. The van der Waals surface area contributed by atoms with Crippen LogP contribution in [0.4, 0.5) is 0 Å². The average Bonchev–Trinajstić information content (AvgIpc) is 3.16. The number of halogens is 1. The van der Waals surface area contributed by atoms with Gasteiger partial charge in [-0.1, -0.05) is 0 Å². The average molecular weight is 388 g/mol. The second kappa shape index (κ2) is 8.80. The third-order valence-corrected chi connectivity index (χ3v) is 6.17. The summed E-state index contributed by atoms with van der Waals surface area (Å²) in [7, 11) is 1.89. The molecule has 1 saturated heterocycles. The number of piperazine rings is 1. The maximum atomic E-state index is 12.6. The lowest BCUT2D eigenvalue weighted by Crippen LogP contribution is -2.50.